The Morgan fingerprint density at radius 3 is 1.31 bits per heavy atom. The van der Waals surface area contributed by atoms with E-state index in [4.69, 9.17) is 29.2 Å². The molecule has 0 aliphatic rings. The number of ether oxygens (including phenoxy) is 4. The fourth-order valence-electron chi connectivity index (χ4n) is 3.03. The molecule has 2 atom stereocenters. The van der Waals surface area contributed by atoms with Gasteiger partial charge in [-0.05, 0) is 49.2 Å². The molecule has 0 heterocycles. The van der Waals surface area contributed by atoms with E-state index in [1.165, 1.54) is 0 Å². The van der Waals surface area contributed by atoms with Crippen LogP contribution in [0, 0.1) is 0 Å². The molecule has 0 spiro atoms. The van der Waals surface area contributed by atoms with Crippen molar-refractivity contribution in [2.24, 2.45) is 0 Å². The number of hydrogen-bond acceptors (Lipinski definition) is 6. The van der Waals surface area contributed by atoms with E-state index < -0.39 is 24.1 Å². The number of rotatable bonds is 15. The van der Waals surface area contributed by atoms with Crippen LogP contribution in [0.1, 0.15) is 25.0 Å². The van der Waals surface area contributed by atoms with Crippen molar-refractivity contribution in [1.29, 1.82) is 0 Å². The largest absolute Gasteiger partial charge is 0.490 e. The lowest BCUT2D eigenvalue weighted by Gasteiger charge is -2.13. The summed E-state index contributed by atoms with van der Waals surface area (Å²) >= 11 is 0. The average molecular weight is 446 g/mol. The Balaban J connectivity index is 1.75. The second-order valence-corrected chi connectivity index (χ2v) is 6.96. The highest BCUT2D eigenvalue weighted by molar-refractivity contribution is 5.73. The molecular formula is C24H30O8. The summed E-state index contributed by atoms with van der Waals surface area (Å²) in [5.74, 6) is -0.639. The van der Waals surface area contributed by atoms with Crippen LogP contribution in [-0.4, -0.2) is 60.8 Å². The third-order valence-electron chi connectivity index (χ3n) is 4.60. The molecule has 2 aromatic carbocycles. The predicted octanol–water partition coefficient (Wildman–Crippen LogP) is 3.21. The molecular weight excluding hydrogens is 416 g/mol. The lowest BCUT2D eigenvalue weighted by atomic mass is 10.1. The molecule has 0 fully saturated rings. The van der Waals surface area contributed by atoms with Gasteiger partial charge in [-0.25, -0.2) is 9.59 Å². The highest BCUT2D eigenvalue weighted by Crippen LogP contribution is 2.16. The molecule has 8 heteroatoms. The first-order valence-corrected chi connectivity index (χ1v) is 10.5. The van der Waals surface area contributed by atoms with Gasteiger partial charge in [-0.2, -0.15) is 0 Å². The van der Waals surface area contributed by atoms with Crippen molar-refractivity contribution >= 4 is 11.9 Å². The quantitative estimate of drug-likeness (QED) is 0.401. The SMILES string of the molecule is CCOC(Cc1ccc(OCCOc2ccc(CC(OCC)C(=O)O)cc2)cc1)C(=O)O. The monoisotopic (exact) mass is 446 g/mol. The molecule has 0 bridgehead atoms. The van der Waals surface area contributed by atoms with Crippen molar-refractivity contribution in [3.63, 3.8) is 0 Å². The first-order chi connectivity index (χ1) is 15.4. The third kappa shape index (κ3) is 8.56. The molecule has 0 aliphatic carbocycles. The number of aliphatic carboxylic acids is 2. The molecule has 0 saturated heterocycles. The topological polar surface area (TPSA) is 112 Å². The van der Waals surface area contributed by atoms with Gasteiger partial charge in [0.2, 0.25) is 0 Å². The maximum atomic E-state index is 11.2. The van der Waals surface area contributed by atoms with Gasteiger partial charge < -0.3 is 29.2 Å². The van der Waals surface area contributed by atoms with Gasteiger partial charge in [-0.1, -0.05) is 24.3 Å². The van der Waals surface area contributed by atoms with Gasteiger partial charge in [0.25, 0.3) is 0 Å². The molecule has 0 radical (unpaired) electrons. The molecule has 2 aromatic rings. The normalized spacial score (nSPS) is 12.7. The maximum absolute atomic E-state index is 11.2. The molecule has 0 aromatic heterocycles. The van der Waals surface area contributed by atoms with E-state index in [2.05, 4.69) is 0 Å². The number of hydrogen-bond donors (Lipinski definition) is 2. The summed E-state index contributed by atoms with van der Waals surface area (Å²) in [4.78, 5) is 22.4. The fraction of sp³-hybridized carbons (Fsp3) is 0.417. The second kappa shape index (κ2) is 13.3. The number of carbonyl (C=O) groups is 2. The van der Waals surface area contributed by atoms with Gasteiger partial charge in [0, 0.05) is 26.1 Å². The molecule has 32 heavy (non-hydrogen) atoms. The van der Waals surface area contributed by atoms with Gasteiger partial charge in [0.05, 0.1) is 0 Å². The summed E-state index contributed by atoms with van der Waals surface area (Å²) in [7, 11) is 0. The minimum absolute atomic E-state index is 0.292. The minimum Gasteiger partial charge on any atom is -0.490 e. The van der Waals surface area contributed by atoms with Crippen molar-refractivity contribution in [1.82, 2.24) is 0 Å². The van der Waals surface area contributed by atoms with Gasteiger partial charge in [0.15, 0.2) is 12.2 Å². The first kappa shape index (κ1) is 25.2. The van der Waals surface area contributed by atoms with E-state index in [1.54, 1.807) is 38.1 Å². The van der Waals surface area contributed by atoms with Crippen molar-refractivity contribution in [2.45, 2.75) is 38.9 Å². The average Bonchev–Trinajstić information content (AvgIpc) is 2.78. The number of carboxylic acids is 2. The minimum atomic E-state index is -0.978. The first-order valence-electron chi connectivity index (χ1n) is 10.5. The number of carboxylic acid groups (broad SMARTS) is 2. The van der Waals surface area contributed by atoms with Crippen molar-refractivity contribution in [3.05, 3.63) is 59.7 Å². The van der Waals surface area contributed by atoms with Gasteiger partial charge in [0.1, 0.15) is 24.7 Å². The lowest BCUT2D eigenvalue weighted by Crippen LogP contribution is -2.26. The van der Waals surface area contributed by atoms with Crippen LogP contribution in [0.4, 0.5) is 0 Å². The standard InChI is InChI=1S/C24H30O8/c1-3-29-21(23(25)26)15-17-5-9-19(10-6-17)31-13-14-32-20-11-7-18(8-12-20)16-22(24(27)28)30-4-2/h5-12,21-22H,3-4,13-16H2,1-2H3,(H,25,26)(H,27,28). The highest BCUT2D eigenvalue weighted by Gasteiger charge is 2.18. The summed E-state index contributed by atoms with van der Waals surface area (Å²) in [6.07, 6.45) is -1.14. The molecule has 0 saturated carbocycles. The van der Waals surface area contributed by atoms with Crippen LogP contribution in [0.25, 0.3) is 0 Å². The molecule has 0 aliphatic heterocycles. The van der Waals surface area contributed by atoms with Crippen LogP contribution >= 0.6 is 0 Å². The van der Waals surface area contributed by atoms with Crippen LogP contribution in [0.5, 0.6) is 11.5 Å². The van der Waals surface area contributed by atoms with Crippen LogP contribution < -0.4 is 9.47 Å². The van der Waals surface area contributed by atoms with Crippen LogP contribution in [0.3, 0.4) is 0 Å². The third-order valence-corrected chi connectivity index (χ3v) is 4.60. The van der Waals surface area contributed by atoms with Crippen LogP contribution in [0.15, 0.2) is 48.5 Å². The van der Waals surface area contributed by atoms with E-state index >= 15 is 0 Å². The van der Waals surface area contributed by atoms with Crippen molar-refractivity contribution in [2.75, 3.05) is 26.4 Å². The van der Waals surface area contributed by atoms with Gasteiger partial charge in [-0.15, -0.1) is 0 Å². The molecule has 8 nitrogen and oxygen atoms in total. The maximum Gasteiger partial charge on any atom is 0.333 e. The van der Waals surface area contributed by atoms with Crippen LogP contribution in [0.2, 0.25) is 0 Å². The molecule has 0 amide bonds. The van der Waals surface area contributed by atoms with E-state index in [1.807, 2.05) is 24.3 Å². The molecule has 2 N–H and O–H groups in total. The number of benzene rings is 2. The Hall–Kier alpha value is -3.10. The Bertz CT molecular complexity index is 761. The lowest BCUT2D eigenvalue weighted by molar-refractivity contribution is -0.150. The van der Waals surface area contributed by atoms with Crippen molar-refractivity contribution < 1.29 is 38.7 Å². The van der Waals surface area contributed by atoms with E-state index in [-0.39, 0.29) is 0 Å². The smallest absolute Gasteiger partial charge is 0.333 e. The molecule has 2 unspecified atom stereocenters. The molecule has 2 rings (SSSR count). The summed E-state index contributed by atoms with van der Waals surface area (Å²) in [6.45, 7) is 4.89. The van der Waals surface area contributed by atoms with E-state index in [0.29, 0.717) is 50.8 Å². The van der Waals surface area contributed by atoms with E-state index in [9.17, 15) is 9.59 Å². The highest BCUT2D eigenvalue weighted by atomic mass is 16.5. The van der Waals surface area contributed by atoms with E-state index in [0.717, 1.165) is 11.1 Å². The zero-order valence-corrected chi connectivity index (χ0v) is 18.4. The summed E-state index contributed by atoms with van der Waals surface area (Å²) in [5, 5.41) is 18.3. The Morgan fingerprint density at radius 2 is 1.03 bits per heavy atom. The van der Waals surface area contributed by atoms with Crippen molar-refractivity contribution in [3.8, 4) is 11.5 Å². The second-order valence-electron chi connectivity index (χ2n) is 6.96. The fourth-order valence-corrected chi connectivity index (χ4v) is 3.03. The van der Waals surface area contributed by atoms with Gasteiger partial charge >= 0.3 is 11.9 Å². The van der Waals surface area contributed by atoms with Gasteiger partial charge in [-0.3, -0.25) is 0 Å². The zero-order chi connectivity index (χ0) is 23.3. The molecule has 174 valence electrons. The Labute approximate surface area is 187 Å². The predicted molar refractivity (Wildman–Crippen MR) is 117 cm³/mol. The zero-order valence-electron chi connectivity index (χ0n) is 18.4. The van der Waals surface area contributed by atoms with Crippen LogP contribution in [-0.2, 0) is 31.9 Å². The summed E-state index contributed by atoms with van der Waals surface area (Å²) in [6, 6.07) is 14.4. The summed E-state index contributed by atoms with van der Waals surface area (Å²) in [5.41, 5.74) is 1.70. The summed E-state index contributed by atoms with van der Waals surface area (Å²) < 4.78 is 21.8. The Kier molecular flexibility index (Phi) is 10.5. The Morgan fingerprint density at radius 1 is 0.688 bits per heavy atom.